The number of hydrogen-bond acceptors (Lipinski definition) is 14. The van der Waals surface area contributed by atoms with E-state index in [0.29, 0.717) is 12.3 Å². The van der Waals surface area contributed by atoms with Gasteiger partial charge >= 0.3 is 0 Å². The lowest BCUT2D eigenvalue weighted by molar-refractivity contribution is -0.259. The Morgan fingerprint density at radius 2 is 1.87 bits per heavy atom. The molecular weight excluding hydrogens is 608 g/mol. The van der Waals surface area contributed by atoms with Gasteiger partial charge in [0.25, 0.3) is 0 Å². The SMILES string of the molecule is COc1cccc2c1C(=O)c1c(O)c3c(c(O)c1C2=O)C[C@@](O)(C(=O)CO)C[C@@H]3OC1CC(N(N)CCCCS)C(O)C(C)O1. The minimum atomic E-state index is -2.26. The van der Waals surface area contributed by atoms with Crippen molar-refractivity contribution in [3.8, 4) is 17.2 Å². The van der Waals surface area contributed by atoms with Crippen LogP contribution in [0.25, 0.3) is 0 Å². The Morgan fingerprint density at radius 1 is 1.16 bits per heavy atom. The minimum Gasteiger partial charge on any atom is -0.507 e. The zero-order valence-corrected chi connectivity index (χ0v) is 25.8. The van der Waals surface area contributed by atoms with E-state index in [-0.39, 0.29) is 34.4 Å². The summed E-state index contributed by atoms with van der Waals surface area (Å²) in [5, 5.41) is 56.6. The van der Waals surface area contributed by atoms with Gasteiger partial charge in [-0.15, -0.1) is 0 Å². The fraction of sp³-hybridized carbons (Fsp3) is 0.516. The van der Waals surface area contributed by atoms with E-state index in [2.05, 4.69) is 12.6 Å². The van der Waals surface area contributed by atoms with Crippen molar-refractivity contribution in [3.63, 3.8) is 0 Å². The first-order valence-electron chi connectivity index (χ1n) is 14.7. The average molecular weight is 647 g/mol. The summed E-state index contributed by atoms with van der Waals surface area (Å²) in [6.07, 6.45) is -3.63. The number of aliphatic hydroxyl groups excluding tert-OH is 2. The molecule has 4 unspecified atom stereocenters. The zero-order chi connectivity index (χ0) is 32.8. The van der Waals surface area contributed by atoms with E-state index in [1.54, 1.807) is 6.92 Å². The lowest BCUT2D eigenvalue weighted by Gasteiger charge is -2.44. The first-order chi connectivity index (χ1) is 21.4. The number of benzene rings is 2. The molecule has 5 rings (SSSR count). The Hall–Kier alpha value is -3.08. The number of hydrogen-bond donors (Lipinski definition) is 7. The van der Waals surface area contributed by atoms with Gasteiger partial charge in [-0.2, -0.15) is 12.6 Å². The van der Waals surface area contributed by atoms with Gasteiger partial charge in [0.2, 0.25) is 5.78 Å². The number of ether oxygens (including phenoxy) is 3. The number of hydrazine groups is 1. The number of aromatic hydroxyl groups is 2. The highest BCUT2D eigenvalue weighted by atomic mass is 32.1. The molecule has 13 nitrogen and oxygen atoms in total. The van der Waals surface area contributed by atoms with Crippen molar-refractivity contribution in [2.45, 2.75) is 75.3 Å². The molecule has 244 valence electrons. The number of nitrogens with two attached hydrogens (primary N) is 1. The third-order valence-electron chi connectivity index (χ3n) is 8.98. The van der Waals surface area contributed by atoms with E-state index in [9.17, 15) is 39.9 Å². The maximum absolute atomic E-state index is 13.8. The van der Waals surface area contributed by atoms with Crippen molar-refractivity contribution in [3.05, 3.63) is 51.6 Å². The maximum Gasteiger partial charge on any atom is 0.202 e. The number of Topliss-reactive ketones (excluding diaryl/α,β-unsaturated/α-hetero) is 1. The molecule has 0 radical (unpaired) electrons. The van der Waals surface area contributed by atoms with Crippen LogP contribution in [0.1, 0.15) is 81.7 Å². The Bertz CT molecular complexity index is 1520. The van der Waals surface area contributed by atoms with Crippen LogP contribution in [0.4, 0.5) is 0 Å². The number of phenols is 2. The number of carbonyl (C=O) groups is 3. The zero-order valence-electron chi connectivity index (χ0n) is 24.9. The van der Waals surface area contributed by atoms with Crippen molar-refractivity contribution < 1.29 is 54.1 Å². The van der Waals surface area contributed by atoms with Crippen molar-refractivity contribution in [2.75, 3.05) is 26.0 Å². The third kappa shape index (κ3) is 5.74. The fourth-order valence-electron chi connectivity index (χ4n) is 6.59. The second-order valence-electron chi connectivity index (χ2n) is 11.7. The highest BCUT2D eigenvalue weighted by Crippen LogP contribution is 2.52. The number of rotatable bonds is 10. The molecule has 1 fully saturated rings. The molecule has 0 saturated carbocycles. The fourth-order valence-corrected chi connectivity index (χ4v) is 6.82. The number of unbranched alkanes of at least 4 members (excludes halogenated alkanes) is 1. The molecule has 0 bridgehead atoms. The number of aliphatic hydroxyl groups is 3. The lowest BCUT2D eigenvalue weighted by atomic mass is 9.72. The van der Waals surface area contributed by atoms with Gasteiger partial charge in [0, 0.05) is 42.5 Å². The predicted octanol–water partition coefficient (Wildman–Crippen LogP) is 0.928. The molecule has 0 spiro atoms. The quantitative estimate of drug-likeness (QED) is 0.0538. The topological polar surface area (TPSA) is 209 Å². The lowest BCUT2D eigenvalue weighted by Crippen LogP contribution is -2.58. The number of thiol groups is 1. The van der Waals surface area contributed by atoms with Gasteiger partial charge < -0.3 is 39.7 Å². The Morgan fingerprint density at radius 3 is 2.53 bits per heavy atom. The van der Waals surface area contributed by atoms with Gasteiger partial charge in [0.05, 0.1) is 48.2 Å². The molecule has 6 atom stereocenters. The van der Waals surface area contributed by atoms with E-state index < -0.39 is 95.7 Å². The maximum atomic E-state index is 13.8. The number of carbonyl (C=O) groups excluding carboxylic acids is 3. The molecular formula is C31H38N2O11S. The van der Waals surface area contributed by atoms with Gasteiger partial charge in [0.15, 0.2) is 17.9 Å². The van der Waals surface area contributed by atoms with E-state index in [1.165, 1.54) is 30.3 Å². The Kier molecular flexibility index (Phi) is 9.59. The summed E-state index contributed by atoms with van der Waals surface area (Å²) in [5.74, 6) is 3.19. The van der Waals surface area contributed by atoms with Gasteiger partial charge in [-0.3, -0.25) is 20.2 Å². The summed E-state index contributed by atoms with van der Waals surface area (Å²) in [5.41, 5.74) is -3.66. The van der Waals surface area contributed by atoms with E-state index in [4.69, 9.17) is 20.1 Å². The van der Waals surface area contributed by atoms with Crippen LogP contribution in [0, 0.1) is 0 Å². The van der Waals surface area contributed by atoms with Crippen LogP contribution >= 0.6 is 12.6 Å². The summed E-state index contributed by atoms with van der Waals surface area (Å²) in [6.45, 7) is 1.06. The van der Waals surface area contributed by atoms with Crippen molar-refractivity contribution in [2.24, 2.45) is 5.84 Å². The molecule has 3 aliphatic rings. The van der Waals surface area contributed by atoms with Gasteiger partial charge in [0.1, 0.15) is 29.5 Å². The molecule has 2 aliphatic carbocycles. The largest absolute Gasteiger partial charge is 0.507 e. The summed E-state index contributed by atoms with van der Waals surface area (Å²) in [7, 11) is 1.33. The van der Waals surface area contributed by atoms with Crippen LogP contribution in [0.15, 0.2) is 18.2 Å². The first kappa shape index (κ1) is 33.3. The predicted molar refractivity (Wildman–Crippen MR) is 162 cm³/mol. The smallest absolute Gasteiger partial charge is 0.202 e. The van der Waals surface area contributed by atoms with Crippen molar-refractivity contribution >= 4 is 30.0 Å². The van der Waals surface area contributed by atoms with Crippen LogP contribution < -0.4 is 10.6 Å². The highest BCUT2D eigenvalue weighted by molar-refractivity contribution is 7.80. The number of phenolic OH excluding ortho intramolecular Hbond substituents is 2. The summed E-state index contributed by atoms with van der Waals surface area (Å²) in [6, 6.07) is 3.78. The van der Waals surface area contributed by atoms with Crippen LogP contribution in [0.2, 0.25) is 0 Å². The molecule has 7 N–H and O–H groups in total. The molecule has 45 heavy (non-hydrogen) atoms. The minimum absolute atomic E-state index is 0.0540. The summed E-state index contributed by atoms with van der Waals surface area (Å²) in [4.78, 5) is 40.3. The van der Waals surface area contributed by atoms with Gasteiger partial charge in [-0.1, -0.05) is 12.1 Å². The second kappa shape index (κ2) is 13.0. The molecule has 0 aromatic heterocycles. The first-order valence-corrected chi connectivity index (χ1v) is 15.4. The Labute approximate surface area is 264 Å². The van der Waals surface area contributed by atoms with Crippen LogP contribution in [0.3, 0.4) is 0 Å². The molecule has 1 heterocycles. The van der Waals surface area contributed by atoms with E-state index >= 15 is 0 Å². The van der Waals surface area contributed by atoms with Gasteiger partial charge in [-0.05, 0) is 31.6 Å². The number of methoxy groups -OCH3 is 1. The number of fused-ring (bicyclic) bond motifs is 3. The standard InChI is InChI=1S/C31H38N2O11S/c1-14-26(36)17(33(32)8-3-4-9-45)10-21(43-14)44-19-12-31(41,20(35)13-34)11-16-23(19)30(40)25-24(28(16)38)27(37)15-6-5-7-18(42-2)22(15)29(25)39/h5-7,14,17,19,21,26,34,36,38,40-41,45H,3-4,8-13,32H2,1-2H3/t14?,17?,19-,21?,26?,31-/m0/s1. The van der Waals surface area contributed by atoms with Crippen molar-refractivity contribution in [1.29, 1.82) is 0 Å². The van der Waals surface area contributed by atoms with Gasteiger partial charge in [-0.25, -0.2) is 5.01 Å². The number of ketones is 3. The van der Waals surface area contributed by atoms with Crippen LogP contribution in [-0.2, 0) is 20.7 Å². The molecule has 2 aromatic carbocycles. The summed E-state index contributed by atoms with van der Waals surface area (Å²) < 4.78 is 17.5. The molecule has 1 saturated heterocycles. The average Bonchev–Trinajstić information content (AvgIpc) is 3.02. The monoisotopic (exact) mass is 646 g/mol. The molecule has 14 heteroatoms. The van der Waals surface area contributed by atoms with Crippen LogP contribution in [0.5, 0.6) is 17.2 Å². The number of nitrogens with zero attached hydrogens (tertiary/aromatic N) is 1. The van der Waals surface area contributed by atoms with Crippen LogP contribution in [-0.4, -0.2) is 104 Å². The third-order valence-corrected chi connectivity index (χ3v) is 9.30. The highest BCUT2D eigenvalue weighted by Gasteiger charge is 2.50. The van der Waals surface area contributed by atoms with Crippen molar-refractivity contribution in [1.82, 2.24) is 5.01 Å². The molecule has 0 amide bonds. The normalized spacial score (nSPS) is 27.6. The Balaban J connectivity index is 1.59. The van der Waals surface area contributed by atoms with E-state index in [0.717, 1.165) is 12.8 Å². The molecule has 2 aromatic rings. The second-order valence-corrected chi connectivity index (χ2v) is 12.2. The van der Waals surface area contributed by atoms with E-state index in [1.807, 2.05) is 0 Å². The molecule has 1 aliphatic heterocycles. The summed E-state index contributed by atoms with van der Waals surface area (Å²) >= 11 is 4.22.